The average molecular weight is 309 g/mol. The molecule has 1 aromatic heterocycles. The third kappa shape index (κ3) is 3.97. The second-order valence-corrected chi connectivity index (χ2v) is 5.96. The lowest BCUT2D eigenvalue weighted by atomic mass is 10.0. The highest BCUT2D eigenvalue weighted by atomic mass is 16.3. The van der Waals surface area contributed by atoms with Gasteiger partial charge >= 0.3 is 6.03 Å². The predicted molar refractivity (Wildman–Crippen MR) is 83.4 cm³/mol. The van der Waals surface area contributed by atoms with Crippen LogP contribution in [0, 0.1) is 5.92 Å². The van der Waals surface area contributed by atoms with Crippen LogP contribution in [0.1, 0.15) is 57.7 Å². The minimum Gasteiger partial charge on any atom is -0.391 e. The molecule has 22 heavy (non-hydrogen) atoms. The van der Waals surface area contributed by atoms with Gasteiger partial charge in [0.15, 0.2) is 5.82 Å². The van der Waals surface area contributed by atoms with E-state index >= 15 is 0 Å². The van der Waals surface area contributed by atoms with Crippen molar-refractivity contribution in [3.05, 3.63) is 11.6 Å². The lowest BCUT2D eigenvalue weighted by Crippen LogP contribution is -2.43. The van der Waals surface area contributed by atoms with Crippen molar-refractivity contribution < 1.29 is 9.90 Å². The first-order valence-electron chi connectivity index (χ1n) is 8.21. The molecule has 0 saturated carbocycles. The van der Waals surface area contributed by atoms with E-state index in [-0.39, 0.29) is 24.5 Å². The van der Waals surface area contributed by atoms with Crippen molar-refractivity contribution in [1.82, 2.24) is 25.4 Å². The molecule has 2 rings (SSSR count). The Kier molecular flexibility index (Phi) is 5.76. The van der Waals surface area contributed by atoms with Crippen LogP contribution in [0.15, 0.2) is 0 Å². The zero-order valence-corrected chi connectivity index (χ0v) is 13.7. The number of hydrogen-bond acceptors (Lipinski definition) is 4. The fourth-order valence-electron chi connectivity index (χ4n) is 2.57. The van der Waals surface area contributed by atoms with Crippen molar-refractivity contribution in [2.75, 3.05) is 6.54 Å². The minimum absolute atomic E-state index is 0.109. The van der Waals surface area contributed by atoms with Crippen molar-refractivity contribution in [1.29, 1.82) is 0 Å². The molecule has 1 aromatic rings. The molecule has 2 amide bonds. The van der Waals surface area contributed by atoms with Gasteiger partial charge in [-0.05, 0) is 18.8 Å². The van der Waals surface area contributed by atoms with Crippen LogP contribution in [0.25, 0.3) is 0 Å². The van der Waals surface area contributed by atoms with Crippen LogP contribution < -0.4 is 10.6 Å². The smallest absolute Gasteiger partial charge is 0.315 e. The van der Waals surface area contributed by atoms with E-state index in [2.05, 4.69) is 20.7 Å². The number of aliphatic hydroxyl groups excluding tert-OH is 1. The van der Waals surface area contributed by atoms with Crippen LogP contribution >= 0.6 is 0 Å². The van der Waals surface area contributed by atoms with Crippen molar-refractivity contribution in [3.8, 4) is 0 Å². The summed E-state index contributed by atoms with van der Waals surface area (Å²) in [6.45, 7) is 7.14. The lowest BCUT2D eigenvalue weighted by molar-refractivity contribution is 0.114. The fourth-order valence-corrected chi connectivity index (χ4v) is 2.57. The normalized spacial score (nSPS) is 20.1. The van der Waals surface area contributed by atoms with E-state index in [1.54, 1.807) is 0 Å². The summed E-state index contributed by atoms with van der Waals surface area (Å²) in [6.07, 6.45) is 3.00. The summed E-state index contributed by atoms with van der Waals surface area (Å²) in [7, 11) is 0. The van der Waals surface area contributed by atoms with Gasteiger partial charge in [-0.15, -0.1) is 0 Å². The first kappa shape index (κ1) is 16.7. The summed E-state index contributed by atoms with van der Waals surface area (Å²) in [6, 6.07) is -0.371. The number of aliphatic hydroxyl groups is 1. The number of carbonyl (C=O) groups excluding carboxylic acids is 1. The standard InChI is InChI=1S/C15H27N5O2/c1-4-10(3)12(21)9-16-15(22)17-11-7-6-8-20-14(11)18-13(5-2)19-20/h10-12,21H,4-9H2,1-3H3,(H2,16,17,22). The van der Waals surface area contributed by atoms with Crippen LogP contribution in [-0.4, -0.2) is 38.6 Å². The lowest BCUT2D eigenvalue weighted by Gasteiger charge is -2.24. The highest BCUT2D eigenvalue weighted by Crippen LogP contribution is 2.23. The average Bonchev–Trinajstić information content (AvgIpc) is 2.96. The first-order valence-corrected chi connectivity index (χ1v) is 8.21. The zero-order valence-electron chi connectivity index (χ0n) is 13.7. The fraction of sp³-hybridized carbons (Fsp3) is 0.800. The Hall–Kier alpha value is -1.63. The summed E-state index contributed by atoms with van der Waals surface area (Å²) in [5, 5.41) is 20.0. The highest BCUT2D eigenvalue weighted by Gasteiger charge is 2.25. The minimum atomic E-state index is -0.516. The second-order valence-electron chi connectivity index (χ2n) is 5.96. The van der Waals surface area contributed by atoms with Gasteiger partial charge in [-0.25, -0.2) is 14.5 Å². The Balaban J connectivity index is 1.89. The van der Waals surface area contributed by atoms with E-state index in [0.29, 0.717) is 0 Å². The number of hydrogen-bond donors (Lipinski definition) is 3. The summed E-state index contributed by atoms with van der Waals surface area (Å²) < 4.78 is 1.89. The molecule has 0 spiro atoms. The number of aromatic nitrogens is 3. The number of fused-ring (bicyclic) bond motifs is 1. The number of nitrogens with zero attached hydrogens (tertiary/aromatic N) is 3. The SMILES string of the molecule is CCc1nc2n(n1)CCCC2NC(=O)NCC(O)C(C)CC. The maximum atomic E-state index is 12.0. The van der Waals surface area contributed by atoms with Crippen LogP contribution in [0.2, 0.25) is 0 Å². The molecular formula is C15H27N5O2. The molecule has 0 saturated heterocycles. The van der Waals surface area contributed by atoms with E-state index in [1.807, 2.05) is 25.5 Å². The van der Waals surface area contributed by atoms with E-state index in [4.69, 9.17) is 0 Å². The van der Waals surface area contributed by atoms with Crippen molar-refractivity contribution in [2.45, 2.75) is 65.1 Å². The van der Waals surface area contributed by atoms with E-state index in [9.17, 15) is 9.90 Å². The molecule has 3 N–H and O–H groups in total. The molecule has 1 aliphatic rings. The van der Waals surface area contributed by atoms with Gasteiger partial charge in [-0.1, -0.05) is 27.2 Å². The maximum absolute atomic E-state index is 12.0. The predicted octanol–water partition coefficient (Wildman–Crippen LogP) is 1.38. The van der Waals surface area contributed by atoms with Crippen LogP contribution in [0.3, 0.4) is 0 Å². The Bertz CT molecular complexity index is 502. The van der Waals surface area contributed by atoms with Gasteiger partial charge < -0.3 is 15.7 Å². The van der Waals surface area contributed by atoms with Gasteiger partial charge in [0, 0.05) is 19.5 Å². The van der Waals surface area contributed by atoms with Gasteiger partial charge in [0.25, 0.3) is 0 Å². The molecule has 3 atom stereocenters. The molecule has 0 aliphatic carbocycles. The summed E-state index contributed by atoms with van der Waals surface area (Å²) in [4.78, 5) is 16.5. The monoisotopic (exact) mass is 309 g/mol. The molecule has 0 aromatic carbocycles. The Morgan fingerprint density at radius 3 is 2.95 bits per heavy atom. The number of rotatable bonds is 6. The number of amides is 2. The quantitative estimate of drug-likeness (QED) is 0.740. The van der Waals surface area contributed by atoms with Gasteiger partial charge in [0.2, 0.25) is 0 Å². The van der Waals surface area contributed by atoms with Gasteiger partial charge in [-0.2, -0.15) is 5.10 Å². The summed E-state index contributed by atoms with van der Waals surface area (Å²) >= 11 is 0. The van der Waals surface area contributed by atoms with Crippen LogP contribution in [-0.2, 0) is 13.0 Å². The molecule has 2 heterocycles. The van der Waals surface area contributed by atoms with Crippen molar-refractivity contribution in [2.24, 2.45) is 5.92 Å². The third-order valence-corrected chi connectivity index (χ3v) is 4.31. The molecule has 1 aliphatic heterocycles. The van der Waals surface area contributed by atoms with Crippen LogP contribution in [0.5, 0.6) is 0 Å². The number of aryl methyl sites for hydroxylation is 2. The summed E-state index contributed by atoms with van der Waals surface area (Å²) in [5.41, 5.74) is 0. The second kappa shape index (κ2) is 7.58. The van der Waals surface area contributed by atoms with Gasteiger partial charge in [0.1, 0.15) is 5.82 Å². The van der Waals surface area contributed by atoms with Gasteiger partial charge in [0.05, 0.1) is 12.1 Å². The topological polar surface area (TPSA) is 92.1 Å². The maximum Gasteiger partial charge on any atom is 0.315 e. The molecule has 7 heteroatoms. The van der Waals surface area contributed by atoms with E-state index in [1.165, 1.54) is 0 Å². The van der Waals surface area contributed by atoms with Crippen molar-refractivity contribution in [3.63, 3.8) is 0 Å². The number of urea groups is 1. The summed E-state index contributed by atoms with van der Waals surface area (Å²) in [5.74, 6) is 1.82. The number of nitrogens with one attached hydrogen (secondary N) is 2. The molecule has 0 fully saturated rings. The van der Waals surface area contributed by atoms with E-state index in [0.717, 1.165) is 43.9 Å². The first-order chi connectivity index (χ1) is 10.5. The largest absolute Gasteiger partial charge is 0.391 e. The Morgan fingerprint density at radius 2 is 2.27 bits per heavy atom. The third-order valence-electron chi connectivity index (χ3n) is 4.31. The Labute approximate surface area is 131 Å². The van der Waals surface area contributed by atoms with Crippen molar-refractivity contribution >= 4 is 6.03 Å². The highest BCUT2D eigenvalue weighted by molar-refractivity contribution is 5.74. The molecular weight excluding hydrogens is 282 g/mol. The molecule has 3 unspecified atom stereocenters. The van der Waals surface area contributed by atoms with Crippen LogP contribution in [0.4, 0.5) is 4.79 Å². The Morgan fingerprint density at radius 1 is 1.50 bits per heavy atom. The van der Waals surface area contributed by atoms with E-state index < -0.39 is 6.10 Å². The zero-order chi connectivity index (χ0) is 16.1. The molecule has 124 valence electrons. The van der Waals surface area contributed by atoms with Gasteiger partial charge in [-0.3, -0.25) is 0 Å². The molecule has 7 nitrogen and oxygen atoms in total. The molecule has 0 bridgehead atoms. The number of carbonyl (C=O) groups is 1. The molecule has 0 radical (unpaired) electrons.